The highest BCUT2D eigenvalue weighted by Crippen LogP contribution is 2.20. The van der Waals surface area contributed by atoms with Gasteiger partial charge in [-0.05, 0) is 38.5 Å². The zero-order valence-corrected chi connectivity index (χ0v) is 14.7. The van der Waals surface area contributed by atoms with Crippen LogP contribution >= 0.6 is 0 Å². The fourth-order valence-corrected chi connectivity index (χ4v) is 2.12. The van der Waals surface area contributed by atoms with E-state index in [4.69, 9.17) is 9.47 Å². The Morgan fingerprint density at radius 3 is 2.28 bits per heavy atom. The molecule has 5 heteroatoms. The van der Waals surface area contributed by atoms with Crippen molar-refractivity contribution in [1.82, 2.24) is 5.32 Å². The van der Waals surface area contributed by atoms with Crippen molar-refractivity contribution >= 4 is 11.9 Å². The van der Waals surface area contributed by atoms with Crippen molar-refractivity contribution in [3.05, 3.63) is 65.7 Å². The van der Waals surface area contributed by atoms with Gasteiger partial charge in [-0.1, -0.05) is 42.5 Å². The zero-order valence-electron chi connectivity index (χ0n) is 14.7. The summed E-state index contributed by atoms with van der Waals surface area (Å²) >= 11 is 0. The lowest BCUT2D eigenvalue weighted by molar-refractivity contribution is 0.0520. The Labute approximate surface area is 148 Å². The summed E-state index contributed by atoms with van der Waals surface area (Å²) in [5.74, 6) is 0.247. The SMILES string of the molecule is CC(C)(C)OC(=O)NCC(=O)c1ccccc1OCc1ccccc1. The van der Waals surface area contributed by atoms with Crippen molar-refractivity contribution in [3.63, 3.8) is 0 Å². The summed E-state index contributed by atoms with van der Waals surface area (Å²) in [5.41, 5.74) is 0.829. The van der Waals surface area contributed by atoms with Crippen LogP contribution in [0.3, 0.4) is 0 Å². The molecule has 0 saturated carbocycles. The standard InChI is InChI=1S/C20H23NO4/c1-20(2,3)25-19(23)21-13-17(22)16-11-7-8-12-18(16)24-14-15-9-5-4-6-10-15/h4-12H,13-14H2,1-3H3,(H,21,23). The number of Topliss-reactive ketones (excluding diaryl/α,β-unsaturated/α-hetero) is 1. The molecule has 0 spiro atoms. The van der Waals surface area contributed by atoms with Crippen LogP contribution in [0.2, 0.25) is 0 Å². The van der Waals surface area contributed by atoms with Crippen LogP contribution in [0, 0.1) is 0 Å². The lowest BCUT2D eigenvalue weighted by atomic mass is 10.1. The van der Waals surface area contributed by atoms with Gasteiger partial charge in [0.2, 0.25) is 0 Å². The van der Waals surface area contributed by atoms with Gasteiger partial charge in [0, 0.05) is 0 Å². The number of hydrogen-bond acceptors (Lipinski definition) is 4. The number of rotatable bonds is 6. The Bertz CT molecular complexity index is 720. The second-order valence-electron chi connectivity index (χ2n) is 6.55. The number of hydrogen-bond donors (Lipinski definition) is 1. The summed E-state index contributed by atoms with van der Waals surface area (Å²) in [4.78, 5) is 24.1. The minimum absolute atomic E-state index is 0.152. The molecule has 0 bridgehead atoms. The second kappa shape index (κ2) is 8.33. The Morgan fingerprint density at radius 2 is 1.60 bits per heavy atom. The van der Waals surface area contributed by atoms with Crippen LogP contribution in [-0.2, 0) is 11.3 Å². The first-order valence-electron chi connectivity index (χ1n) is 8.11. The van der Waals surface area contributed by atoms with Gasteiger partial charge >= 0.3 is 6.09 Å². The summed E-state index contributed by atoms with van der Waals surface area (Å²) in [6.07, 6.45) is -0.622. The predicted molar refractivity (Wildman–Crippen MR) is 95.8 cm³/mol. The van der Waals surface area contributed by atoms with Gasteiger partial charge in [0.15, 0.2) is 5.78 Å². The van der Waals surface area contributed by atoms with E-state index >= 15 is 0 Å². The third-order valence-corrected chi connectivity index (χ3v) is 3.22. The third kappa shape index (κ3) is 6.30. The highest BCUT2D eigenvalue weighted by atomic mass is 16.6. The van der Waals surface area contributed by atoms with E-state index in [2.05, 4.69) is 5.32 Å². The van der Waals surface area contributed by atoms with Gasteiger partial charge in [-0.3, -0.25) is 4.79 Å². The molecule has 0 unspecified atom stereocenters. The summed E-state index contributed by atoms with van der Waals surface area (Å²) in [6, 6.07) is 16.7. The van der Waals surface area contributed by atoms with Crippen molar-refractivity contribution in [2.75, 3.05) is 6.54 Å². The lowest BCUT2D eigenvalue weighted by Crippen LogP contribution is -2.35. The highest BCUT2D eigenvalue weighted by Gasteiger charge is 2.18. The number of para-hydroxylation sites is 1. The molecule has 0 radical (unpaired) electrons. The molecule has 2 aromatic carbocycles. The first-order valence-corrected chi connectivity index (χ1v) is 8.11. The molecule has 0 saturated heterocycles. The van der Waals surface area contributed by atoms with E-state index in [1.165, 1.54) is 0 Å². The molecule has 0 aliphatic rings. The van der Waals surface area contributed by atoms with Crippen molar-refractivity contribution in [2.24, 2.45) is 0 Å². The van der Waals surface area contributed by atoms with E-state index in [1.807, 2.05) is 30.3 Å². The fraction of sp³-hybridized carbons (Fsp3) is 0.300. The highest BCUT2D eigenvalue weighted by molar-refractivity contribution is 6.01. The number of ether oxygens (including phenoxy) is 2. The molecule has 0 aromatic heterocycles. The minimum Gasteiger partial charge on any atom is -0.488 e. The largest absolute Gasteiger partial charge is 0.488 e. The normalized spacial score (nSPS) is 10.8. The molecular weight excluding hydrogens is 318 g/mol. The van der Waals surface area contributed by atoms with E-state index in [-0.39, 0.29) is 12.3 Å². The quantitative estimate of drug-likeness (QED) is 0.807. The van der Waals surface area contributed by atoms with Crippen LogP contribution < -0.4 is 10.1 Å². The molecule has 1 N–H and O–H groups in total. The van der Waals surface area contributed by atoms with E-state index < -0.39 is 11.7 Å². The molecular formula is C20H23NO4. The number of carbonyl (C=O) groups excluding carboxylic acids is 2. The lowest BCUT2D eigenvalue weighted by Gasteiger charge is -2.19. The average molecular weight is 341 g/mol. The molecule has 1 amide bonds. The van der Waals surface area contributed by atoms with E-state index in [0.717, 1.165) is 5.56 Å². The van der Waals surface area contributed by atoms with Gasteiger partial charge in [0.05, 0.1) is 12.1 Å². The molecule has 0 heterocycles. The topological polar surface area (TPSA) is 64.6 Å². The van der Waals surface area contributed by atoms with Crippen LogP contribution in [0.15, 0.2) is 54.6 Å². The Morgan fingerprint density at radius 1 is 0.960 bits per heavy atom. The molecule has 2 rings (SSSR count). The maximum absolute atomic E-state index is 12.4. The first-order chi connectivity index (χ1) is 11.8. The first kappa shape index (κ1) is 18.5. The second-order valence-corrected chi connectivity index (χ2v) is 6.55. The Hall–Kier alpha value is -2.82. The van der Waals surface area contributed by atoms with Gasteiger partial charge in [-0.2, -0.15) is 0 Å². The average Bonchev–Trinajstić information content (AvgIpc) is 2.57. The summed E-state index contributed by atoms with van der Waals surface area (Å²) in [5, 5.41) is 2.47. The predicted octanol–water partition coefficient (Wildman–Crippen LogP) is 3.97. The number of amides is 1. The number of ketones is 1. The van der Waals surface area contributed by atoms with Crippen LogP contribution in [-0.4, -0.2) is 24.0 Å². The van der Waals surface area contributed by atoms with Crippen molar-refractivity contribution in [2.45, 2.75) is 33.0 Å². The molecule has 2 aromatic rings. The van der Waals surface area contributed by atoms with Gasteiger partial charge < -0.3 is 14.8 Å². The van der Waals surface area contributed by atoms with Crippen molar-refractivity contribution in [3.8, 4) is 5.75 Å². The summed E-state index contributed by atoms with van der Waals surface area (Å²) < 4.78 is 10.9. The molecule has 0 atom stereocenters. The molecule has 25 heavy (non-hydrogen) atoms. The molecule has 5 nitrogen and oxygen atoms in total. The van der Waals surface area contributed by atoms with Crippen LogP contribution in [0.1, 0.15) is 36.7 Å². The third-order valence-electron chi connectivity index (χ3n) is 3.22. The van der Waals surface area contributed by atoms with Crippen LogP contribution in [0.4, 0.5) is 4.79 Å². The zero-order chi connectivity index (χ0) is 18.3. The number of nitrogens with one attached hydrogen (secondary N) is 1. The maximum Gasteiger partial charge on any atom is 0.408 e. The summed E-state index contributed by atoms with van der Waals surface area (Å²) in [6.45, 7) is 5.51. The van der Waals surface area contributed by atoms with Crippen LogP contribution in [0.5, 0.6) is 5.75 Å². The minimum atomic E-state index is -0.622. The van der Waals surface area contributed by atoms with Gasteiger partial charge in [0.1, 0.15) is 18.0 Å². The molecule has 0 fully saturated rings. The Kier molecular flexibility index (Phi) is 6.17. The number of alkyl carbamates (subject to hydrolysis) is 1. The van der Waals surface area contributed by atoms with E-state index in [9.17, 15) is 9.59 Å². The van der Waals surface area contributed by atoms with Crippen LogP contribution in [0.25, 0.3) is 0 Å². The number of benzene rings is 2. The van der Waals surface area contributed by atoms with Crippen molar-refractivity contribution < 1.29 is 19.1 Å². The monoisotopic (exact) mass is 341 g/mol. The van der Waals surface area contributed by atoms with E-state index in [1.54, 1.807) is 45.0 Å². The van der Waals surface area contributed by atoms with Gasteiger partial charge in [0.25, 0.3) is 0 Å². The summed E-state index contributed by atoms with van der Waals surface area (Å²) in [7, 11) is 0. The fourth-order valence-electron chi connectivity index (χ4n) is 2.12. The van der Waals surface area contributed by atoms with Crippen molar-refractivity contribution in [1.29, 1.82) is 0 Å². The molecule has 0 aliphatic heterocycles. The number of carbonyl (C=O) groups is 2. The smallest absolute Gasteiger partial charge is 0.408 e. The van der Waals surface area contributed by atoms with Gasteiger partial charge in [-0.25, -0.2) is 4.79 Å². The maximum atomic E-state index is 12.4. The molecule has 132 valence electrons. The Balaban J connectivity index is 1.97. The van der Waals surface area contributed by atoms with Gasteiger partial charge in [-0.15, -0.1) is 0 Å². The van der Waals surface area contributed by atoms with E-state index in [0.29, 0.717) is 17.9 Å². The molecule has 0 aliphatic carbocycles.